The summed E-state index contributed by atoms with van der Waals surface area (Å²) in [5, 5.41) is 13.3. The van der Waals surface area contributed by atoms with Gasteiger partial charge in [0.25, 0.3) is 0 Å². The van der Waals surface area contributed by atoms with Crippen molar-refractivity contribution in [3.63, 3.8) is 0 Å². The van der Waals surface area contributed by atoms with Gasteiger partial charge in [-0.25, -0.2) is 4.39 Å². The number of nitrogens with one attached hydrogen (secondary N) is 2. The number of carbonyl (C=O) groups excluding carboxylic acids is 2. The molecule has 5 nitrogen and oxygen atoms in total. The Hall–Kier alpha value is -1.47. The van der Waals surface area contributed by atoms with Crippen molar-refractivity contribution in [2.24, 2.45) is 0 Å². The third-order valence-corrected chi connectivity index (χ3v) is 2.44. The van der Waals surface area contributed by atoms with Crippen molar-refractivity contribution in [3.8, 4) is 0 Å². The normalized spacial score (nSPS) is 11.8. The lowest BCUT2D eigenvalue weighted by Gasteiger charge is -2.08. The van der Waals surface area contributed by atoms with Gasteiger partial charge in [-0.3, -0.25) is 9.59 Å². The summed E-state index contributed by atoms with van der Waals surface area (Å²) in [6.45, 7) is 1.42. The van der Waals surface area contributed by atoms with Gasteiger partial charge >= 0.3 is 11.8 Å². The molecule has 1 aromatic rings. The van der Waals surface area contributed by atoms with E-state index in [0.29, 0.717) is 4.47 Å². The Labute approximate surface area is 112 Å². The molecule has 0 radical (unpaired) electrons. The first-order chi connectivity index (χ1) is 8.40. The van der Waals surface area contributed by atoms with Crippen LogP contribution in [0.1, 0.15) is 6.92 Å². The fourth-order valence-electron chi connectivity index (χ4n) is 1.09. The van der Waals surface area contributed by atoms with Gasteiger partial charge in [-0.15, -0.1) is 0 Å². The van der Waals surface area contributed by atoms with Gasteiger partial charge in [0.1, 0.15) is 5.82 Å². The van der Waals surface area contributed by atoms with Crippen molar-refractivity contribution in [2.75, 3.05) is 11.9 Å². The first-order valence-electron chi connectivity index (χ1n) is 5.12. The predicted molar refractivity (Wildman–Crippen MR) is 67.4 cm³/mol. The average molecular weight is 319 g/mol. The van der Waals surface area contributed by atoms with E-state index in [1.54, 1.807) is 0 Å². The van der Waals surface area contributed by atoms with Crippen LogP contribution in [0.5, 0.6) is 0 Å². The molecule has 2 amide bonds. The summed E-state index contributed by atoms with van der Waals surface area (Å²) in [7, 11) is 0. The van der Waals surface area contributed by atoms with E-state index in [2.05, 4.69) is 26.6 Å². The van der Waals surface area contributed by atoms with Crippen LogP contribution in [0.25, 0.3) is 0 Å². The first-order valence-corrected chi connectivity index (χ1v) is 5.91. The van der Waals surface area contributed by atoms with Gasteiger partial charge in [0.2, 0.25) is 0 Å². The van der Waals surface area contributed by atoms with Crippen molar-refractivity contribution in [1.82, 2.24) is 5.32 Å². The van der Waals surface area contributed by atoms with E-state index in [4.69, 9.17) is 5.11 Å². The third-order valence-electron chi connectivity index (χ3n) is 1.94. The van der Waals surface area contributed by atoms with Crippen LogP contribution < -0.4 is 10.6 Å². The summed E-state index contributed by atoms with van der Waals surface area (Å²) in [6, 6.07) is 4.04. The van der Waals surface area contributed by atoms with Crippen molar-refractivity contribution in [2.45, 2.75) is 13.0 Å². The van der Waals surface area contributed by atoms with Crippen LogP contribution in [-0.2, 0) is 9.59 Å². The van der Waals surface area contributed by atoms with E-state index in [1.807, 2.05) is 0 Å². The molecule has 0 fully saturated rings. The van der Waals surface area contributed by atoms with Crippen LogP contribution in [0.15, 0.2) is 22.7 Å². The highest BCUT2D eigenvalue weighted by molar-refractivity contribution is 9.10. The number of aliphatic hydroxyl groups is 1. The van der Waals surface area contributed by atoms with E-state index < -0.39 is 23.7 Å². The van der Waals surface area contributed by atoms with Crippen molar-refractivity contribution in [3.05, 3.63) is 28.5 Å². The Morgan fingerprint density at radius 3 is 2.67 bits per heavy atom. The number of hydrogen-bond acceptors (Lipinski definition) is 3. The maximum Gasteiger partial charge on any atom is 0.313 e. The van der Waals surface area contributed by atoms with E-state index in [0.717, 1.165) is 0 Å². The molecule has 0 aliphatic heterocycles. The minimum atomic E-state index is -0.989. The number of benzene rings is 1. The van der Waals surface area contributed by atoms with Gasteiger partial charge in [-0.2, -0.15) is 0 Å². The van der Waals surface area contributed by atoms with Crippen molar-refractivity contribution >= 4 is 33.4 Å². The van der Waals surface area contributed by atoms with E-state index in [9.17, 15) is 14.0 Å². The minimum absolute atomic E-state index is 0.0466. The van der Waals surface area contributed by atoms with Gasteiger partial charge in [0.15, 0.2) is 0 Å². The molecular formula is C11H12BrFN2O3. The summed E-state index contributed by atoms with van der Waals surface area (Å²) in [5.41, 5.74) is -0.0876. The van der Waals surface area contributed by atoms with E-state index in [-0.39, 0.29) is 12.2 Å². The maximum absolute atomic E-state index is 13.4. The standard InChI is InChI=1S/C11H12BrFN2O3/c1-6(16)5-14-10(17)11(18)15-9-3-2-7(12)4-8(9)13/h2-4,6,16H,5H2,1H3,(H,14,17)(H,15,18)/t6-/m0/s1. The minimum Gasteiger partial charge on any atom is -0.392 e. The van der Waals surface area contributed by atoms with Crippen LogP contribution in [-0.4, -0.2) is 29.6 Å². The van der Waals surface area contributed by atoms with E-state index in [1.165, 1.54) is 25.1 Å². The lowest BCUT2D eigenvalue weighted by atomic mass is 10.3. The second-order valence-electron chi connectivity index (χ2n) is 3.64. The molecule has 0 saturated heterocycles. The highest BCUT2D eigenvalue weighted by Crippen LogP contribution is 2.19. The Morgan fingerprint density at radius 2 is 2.11 bits per heavy atom. The third kappa shape index (κ3) is 4.42. The number of rotatable bonds is 3. The van der Waals surface area contributed by atoms with Gasteiger partial charge in [0.05, 0.1) is 11.8 Å². The molecule has 1 rings (SSSR count). The molecule has 0 spiro atoms. The smallest absolute Gasteiger partial charge is 0.313 e. The zero-order valence-electron chi connectivity index (χ0n) is 9.54. The fraction of sp³-hybridized carbons (Fsp3) is 0.273. The maximum atomic E-state index is 13.4. The summed E-state index contributed by atoms with van der Waals surface area (Å²) in [6.07, 6.45) is -0.758. The Balaban J connectivity index is 2.61. The van der Waals surface area contributed by atoms with Gasteiger partial charge < -0.3 is 15.7 Å². The number of anilines is 1. The molecule has 98 valence electrons. The summed E-state index contributed by atoms with van der Waals surface area (Å²) in [4.78, 5) is 22.6. The highest BCUT2D eigenvalue weighted by atomic mass is 79.9. The fourth-order valence-corrected chi connectivity index (χ4v) is 1.42. The zero-order valence-corrected chi connectivity index (χ0v) is 11.1. The quantitative estimate of drug-likeness (QED) is 0.728. The Morgan fingerprint density at radius 1 is 1.44 bits per heavy atom. The highest BCUT2D eigenvalue weighted by Gasteiger charge is 2.15. The van der Waals surface area contributed by atoms with Crippen LogP contribution in [0.4, 0.5) is 10.1 Å². The average Bonchev–Trinajstić information content (AvgIpc) is 2.29. The SMILES string of the molecule is C[C@H](O)CNC(=O)C(=O)Nc1ccc(Br)cc1F. The summed E-state index contributed by atoms with van der Waals surface area (Å²) in [5.74, 6) is -2.57. The lowest BCUT2D eigenvalue weighted by Crippen LogP contribution is -2.38. The molecule has 0 unspecified atom stereocenters. The molecule has 0 bridgehead atoms. The number of halogens is 2. The van der Waals surface area contributed by atoms with Crippen LogP contribution in [0.2, 0.25) is 0 Å². The molecule has 0 aromatic heterocycles. The number of amides is 2. The second kappa shape index (κ2) is 6.46. The number of hydrogen-bond donors (Lipinski definition) is 3. The van der Waals surface area contributed by atoms with Crippen LogP contribution in [0.3, 0.4) is 0 Å². The number of carbonyl (C=O) groups is 2. The van der Waals surface area contributed by atoms with Gasteiger partial charge in [0, 0.05) is 11.0 Å². The molecule has 7 heteroatoms. The lowest BCUT2D eigenvalue weighted by molar-refractivity contribution is -0.136. The molecule has 0 aliphatic rings. The topological polar surface area (TPSA) is 78.4 Å². The largest absolute Gasteiger partial charge is 0.392 e. The monoisotopic (exact) mass is 318 g/mol. The molecular weight excluding hydrogens is 307 g/mol. The summed E-state index contributed by atoms with van der Waals surface area (Å²) >= 11 is 3.07. The van der Waals surface area contributed by atoms with Crippen LogP contribution >= 0.6 is 15.9 Å². The van der Waals surface area contributed by atoms with Crippen molar-refractivity contribution < 1.29 is 19.1 Å². The second-order valence-corrected chi connectivity index (χ2v) is 4.55. The predicted octanol–water partition coefficient (Wildman–Crippen LogP) is 1.02. The molecule has 1 atom stereocenters. The first kappa shape index (κ1) is 14.6. The van der Waals surface area contributed by atoms with Crippen molar-refractivity contribution in [1.29, 1.82) is 0 Å². The van der Waals surface area contributed by atoms with E-state index >= 15 is 0 Å². The molecule has 3 N–H and O–H groups in total. The molecule has 0 heterocycles. The van der Waals surface area contributed by atoms with Gasteiger partial charge in [-0.1, -0.05) is 15.9 Å². The molecule has 1 aromatic carbocycles. The molecule has 18 heavy (non-hydrogen) atoms. The number of aliphatic hydroxyl groups excluding tert-OH is 1. The van der Waals surface area contributed by atoms with Gasteiger partial charge in [-0.05, 0) is 25.1 Å². The Kier molecular flexibility index (Phi) is 5.24. The Bertz CT molecular complexity index is 466. The van der Waals surface area contributed by atoms with Crippen LogP contribution in [0, 0.1) is 5.82 Å². The zero-order chi connectivity index (χ0) is 13.7. The molecule has 0 saturated carbocycles. The summed E-state index contributed by atoms with van der Waals surface area (Å²) < 4.78 is 13.9. The molecule has 0 aliphatic carbocycles.